The number of nitrogens with zero attached hydrogens (tertiary/aromatic N) is 4. The zero-order chi connectivity index (χ0) is 34.5. The molecule has 3 aromatic rings. The topological polar surface area (TPSA) is 123 Å². The van der Waals surface area contributed by atoms with Crippen molar-refractivity contribution >= 4 is 11.8 Å². The van der Waals surface area contributed by atoms with Gasteiger partial charge in [-0.1, -0.05) is 5.21 Å². The Balaban J connectivity index is 1.55. The zero-order valence-electron chi connectivity index (χ0n) is 24.8. The van der Waals surface area contributed by atoms with Crippen LogP contribution >= 0.6 is 11.8 Å². The van der Waals surface area contributed by atoms with Gasteiger partial charge in [-0.2, -0.15) is 13.2 Å². The predicted molar refractivity (Wildman–Crippen MR) is 150 cm³/mol. The highest BCUT2D eigenvalue weighted by atomic mass is 32.2. The summed E-state index contributed by atoms with van der Waals surface area (Å²) in [6.45, 7) is 0.374. The van der Waals surface area contributed by atoms with E-state index in [1.807, 2.05) is 0 Å². The van der Waals surface area contributed by atoms with Crippen LogP contribution in [0, 0.1) is 24.4 Å². The van der Waals surface area contributed by atoms with Gasteiger partial charge in [-0.25, -0.2) is 26.6 Å². The Morgan fingerprint density at radius 2 is 1.77 bits per heavy atom. The Morgan fingerprint density at radius 1 is 1.13 bits per heavy atom. The molecule has 18 heteroatoms. The van der Waals surface area contributed by atoms with Crippen molar-refractivity contribution in [1.82, 2.24) is 20.0 Å². The number of aromatic nitrogens is 4. The number of aliphatic hydroxyl groups is 3. The van der Waals surface area contributed by atoms with Crippen molar-refractivity contribution in [3.8, 4) is 11.3 Å². The third-order valence-electron chi connectivity index (χ3n) is 8.59. The molecule has 0 amide bonds. The van der Waals surface area contributed by atoms with Gasteiger partial charge in [0, 0.05) is 31.7 Å². The van der Waals surface area contributed by atoms with Gasteiger partial charge in [0.25, 0.3) is 0 Å². The highest BCUT2D eigenvalue weighted by Gasteiger charge is 2.53. The molecular formula is C29H30F8N4O5S. The SMILES string of the molecule is CO[C@@H]1[C@@H](n2cc(-c3cc(F)c(F)c(F)c3)nn2)[C@@H](O)[C@@H](CO)O[C@H]1S[C@@H](c1nccc(C(F)(F)F)c1C)C1(O)CCC(F)(F)CC1. The van der Waals surface area contributed by atoms with Crippen LogP contribution in [0.5, 0.6) is 0 Å². The Labute approximate surface area is 266 Å². The monoisotopic (exact) mass is 698 g/mol. The second-order valence-corrected chi connectivity index (χ2v) is 12.8. The van der Waals surface area contributed by atoms with Crippen molar-refractivity contribution in [2.24, 2.45) is 0 Å². The van der Waals surface area contributed by atoms with Gasteiger partial charge in [0.1, 0.15) is 35.5 Å². The first-order chi connectivity index (χ1) is 22.0. The maximum absolute atomic E-state index is 14.2. The quantitative estimate of drug-likeness (QED) is 0.217. The molecule has 0 unspecified atom stereocenters. The fourth-order valence-electron chi connectivity index (χ4n) is 6.00. The number of benzene rings is 1. The molecule has 1 aromatic carbocycles. The number of pyridine rings is 1. The molecular weight excluding hydrogens is 668 g/mol. The second kappa shape index (κ2) is 13.2. The summed E-state index contributed by atoms with van der Waals surface area (Å²) < 4.78 is 124. The third kappa shape index (κ3) is 6.98. The number of hydrogen-bond acceptors (Lipinski definition) is 9. The summed E-state index contributed by atoms with van der Waals surface area (Å²) in [4.78, 5) is 4.14. The second-order valence-electron chi connectivity index (χ2n) is 11.6. The maximum atomic E-state index is 14.2. The van der Waals surface area contributed by atoms with Crippen LogP contribution in [0.15, 0.2) is 30.6 Å². The van der Waals surface area contributed by atoms with Gasteiger partial charge in [-0.3, -0.25) is 4.98 Å². The number of halogens is 8. The van der Waals surface area contributed by atoms with Crippen LogP contribution in [0.25, 0.3) is 11.3 Å². The van der Waals surface area contributed by atoms with Crippen LogP contribution in [0.2, 0.25) is 0 Å². The standard InChI is InChI=1S/C29H30F8N4O5S/c1-13-15(29(35,36)37)3-8-38-21(13)25(27(44)4-6-28(33,34)7-5-27)47-26-24(45-2)22(23(43)19(12-42)46-26)41-11-18(39-40-41)14-9-16(30)20(32)17(31)10-14/h3,8-11,19,22-26,42-44H,4-7,12H2,1-2H3/t19-,22+,23+,24-,25+,26+/m1/s1. The molecule has 3 N–H and O–H groups in total. The average molecular weight is 699 g/mol. The lowest BCUT2D eigenvalue weighted by molar-refractivity contribution is -0.186. The molecule has 2 aliphatic rings. The van der Waals surface area contributed by atoms with Crippen molar-refractivity contribution in [1.29, 1.82) is 0 Å². The average Bonchev–Trinajstić information content (AvgIpc) is 3.50. The first-order valence-corrected chi connectivity index (χ1v) is 15.3. The smallest absolute Gasteiger partial charge is 0.394 e. The number of thioether (sulfide) groups is 1. The molecule has 0 radical (unpaired) electrons. The molecule has 9 nitrogen and oxygen atoms in total. The molecule has 3 heterocycles. The normalized spacial score (nSPS) is 26.7. The minimum atomic E-state index is -4.80. The lowest BCUT2D eigenvalue weighted by Gasteiger charge is -2.47. The predicted octanol–water partition coefficient (Wildman–Crippen LogP) is 5.13. The Bertz CT molecular complexity index is 1560. The van der Waals surface area contributed by atoms with Gasteiger partial charge in [0.2, 0.25) is 5.92 Å². The molecule has 0 bridgehead atoms. The number of aliphatic hydroxyl groups excluding tert-OH is 2. The molecule has 1 saturated heterocycles. The molecule has 2 fully saturated rings. The molecule has 6 atom stereocenters. The number of methoxy groups -OCH3 is 1. The van der Waals surface area contributed by atoms with Crippen molar-refractivity contribution in [3.63, 3.8) is 0 Å². The summed E-state index contributed by atoms with van der Waals surface area (Å²) in [7, 11) is 1.21. The molecule has 47 heavy (non-hydrogen) atoms. The molecule has 2 aromatic heterocycles. The molecule has 1 aliphatic carbocycles. The first-order valence-electron chi connectivity index (χ1n) is 14.3. The van der Waals surface area contributed by atoms with Crippen LogP contribution in [0.3, 0.4) is 0 Å². The summed E-state index contributed by atoms with van der Waals surface area (Å²) in [5.41, 5.74) is -5.25. The van der Waals surface area contributed by atoms with Gasteiger partial charge in [-0.05, 0) is 43.5 Å². The van der Waals surface area contributed by atoms with Gasteiger partial charge >= 0.3 is 6.18 Å². The van der Waals surface area contributed by atoms with Gasteiger partial charge in [-0.15, -0.1) is 16.9 Å². The van der Waals surface area contributed by atoms with E-state index in [1.165, 1.54) is 13.3 Å². The van der Waals surface area contributed by atoms with E-state index in [0.717, 1.165) is 35.6 Å². The zero-order valence-corrected chi connectivity index (χ0v) is 25.6. The van der Waals surface area contributed by atoms with Crippen molar-refractivity contribution in [2.45, 2.75) is 85.3 Å². The van der Waals surface area contributed by atoms with Gasteiger partial charge in [0.15, 0.2) is 17.5 Å². The molecule has 1 saturated carbocycles. The molecule has 258 valence electrons. The minimum Gasteiger partial charge on any atom is -0.394 e. The number of hydrogen-bond donors (Lipinski definition) is 3. The fourth-order valence-corrected chi connectivity index (χ4v) is 7.75. The van der Waals surface area contributed by atoms with Crippen molar-refractivity contribution in [2.75, 3.05) is 13.7 Å². The molecule has 1 aliphatic heterocycles. The summed E-state index contributed by atoms with van der Waals surface area (Å²) in [5, 5.41) is 39.4. The number of ether oxygens (including phenoxy) is 2. The highest BCUT2D eigenvalue weighted by molar-refractivity contribution is 8.00. The largest absolute Gasteiger partial charge is 0.416 e. The van der Waals surface area contributed by atoms with Crippen LogP contribution < -0.4 is 0 Å². The molecule has 0 spiro atoms. The fraction of sp³-hybridized carbons (Fsp3) is 0.552. The van der Waals surface area contributed by atoms with Crippen LogP contribution in [0.1, 0.15) is 53.8 Å². The minimum absolute atomic E-state index is 0.139. The van der Waals surface area contributed by atoms with Gasteiger partial charge < -0.3 is 24.8 Å². The summed E-state index contributed by atoms with van der Waals surface area (Å²) >= 11 is 0.722. The van der Waals surface area contributed by atoms with E-state index in [-0.39, 0.29) is 22.5 Å². The Morgan fingerprint density at radius 3 is 2.34 bits per heavy atom. The third-order valence-corrected chi connectivity index (χ3v) is 10.2. The van der Waals surface area contributed by atoms with Crippen LogP contribution in [-0.4, -0.2) is 84.3 Å². The van der Waals surface area contributed by atoms with Crippen LogP contribution in [0.4, 0.5) is 35.1 Å². The number of rotatable bonds is 8. The van der Waals surface area contributed by atoms with E-state index in [4.69, 9.17) is 9.47 Å². The van der Waals surface area contributed by atoms with E-state index < -0.39 is 108 Å². The van der Waals surface area contributed by atoms with E-state index in [2.05, 4.69) is 15.3 Å². The number of alkyl halides is 5. The molecule has 5 rings (SSSR count). The summed E-state index contributed by atoms with van der Waals surface area (Å²) in [6.07, 6.45) is -9.39. The first kappa shape index (κ1) is 35.4. The van der Waals surface area contributed by atoms with Crippen molar-refractivity contribution in [3.05, 3.63) is 64.9 Å². The lowest BCUT2D eigenvalue weighted by atomic mass is 9.78. The van der Waals surface area contributed by atoms with Gasteiger partial charge in [0.05, 0.1) is 34.9 Å². The maximum Gasteiger partial charge on any atom is 0.416 e. The van der Waals surface area contributed by atoms with Crippen LogP contribution in [-0.2, 0) is 15.7 Å². The Hall–Kier alpha value is -2.90. The van der Waals surface area contributed by atoms with Crippen molar-refractivity contribution < 1.29 is 59.9 Å². The highest BCUT2D eigenvalue weighted by Crippen LogP contribution is 2.53. The summed E-state index contributed by atoms with van der Waals surface area (Å²) in [5.74, 6) is -7.79. The Kier molecular flexibility index (Phi) is 9.94. The van der Waals surface area contributed by atoms with E-state index in [9.17, 15) is 50.4 Å². The van der Waals surface area contributed by atoms with E-state index in [1.54, 1.807) is 0 Å². The van der Waals surface area contributed by atoms with E-state index >= 15 is 0 Å². The van der Waals surface area contributed by atoms with E-state index in [0.29, 0.717) is 12.1 Å². The summed E-state index contributed by atoms with van der Waals surface area (Å²) in [6, 6.07) is 0.852. The lowest BCUT2D eigenvalue weighted by Crippen LogP contribution is -2.56.